The van der Waals surface area contributed by atoms with Crippen LogP contribution in [0.5, 0.6) is 0 Å². The number of nitrogens with two attached hydrogens (primary N) is 1. The molecular formula is C16H26IN3O. The second kappa shape index (κ2) is 5.99. The smallest absolute Gasteiger partial charge is 0.162 e. The van der Waals surface area contributed by atoms with Crippen molar-refractivity contribution in [1.29, 1.82) is 0 Å². The minimum Gasteiger partial charge on any atom is -0.383 e. The second-order valence-electron chi connectivity index (χ2n) is 7.15. The Balaban J connectivity index is 2.44. The molecule has 4 nitrogen and oxygen atoms in total. The first kappa shape index (κ1) is 16.9. The zero-order chi connectivity index (χ0) is 15.8. The van der Waals surface area contributed by atoms with Crippen LogP contribution < -0.4 is 5.73 Å². The molecule has 0 aromatic carbocycles. The van der Waals surface area contributed by atoms with Gasteiger partial charge in [-0.25, -0.2) is 9.97 Å². The molecule has 0 spiro atoms. The van der Waals surface area contributed by atoms with E-state index in [1.54, 1.807) is 7.11 Å². The largest absolute Gasteiger partial charge is 0.383 e. The monoisotopic (exact) mass is 403 g/mol. The number of halogens is 1. The van der Waals surface area contributed by atoms with Gasteiger partial charge < -0.3 is 10.5 Å². The first-order chi connectivity index (χ1) is 9.71. The van der Waals surface area contributed by atoms with Gasteiger partial charge >= 0.3 is 0 Å². The average molecular weight is 403 g/mol. The van der Waals surface area contributed by atoms with Crippen molar-refractivity contribution in [2.75, 3.05) is 12.8 Å². The Labute approximate surface area is 141 Å². The molecule has 1 saturated carbocycles. The molecule has 0 atom stereocenters. The summed E-state index contributed by atoms with van der Waals surface area (Å²) in [4.78, 5) is 9.39. The molecule has 1 aliphatic rings. The molecule has 1 heterocycles. The third-order valence-electron chi connectivity index (χ3n) is 4.66. The predicted molar refractivity (Wildman–Crippen MR) is 94.2 cm³/mol. The summed E-state index contributed by atoms with van der Waals surface area (Å²) in [5.74, 6) is 1.67. The Morgan fingerprint density at radius 3 is 2.19 bits per heavy atom. The van der Waals surface area contributed by atoms with Crippen molar-refractivity contribution >= 4 is 28.4 Å². The van der Waals surface area contributed by atoms with Gasteiger partial charge in [0.1, 0.15) is 11.4 Å². The first-order valence-corrected chi connectivity index (χ1v) is 8.67. The van der Waals surface area contributed by atoms with Gasteiger partial charge in [-0.1, -0.05) is 27.7 Å². The maximum Gasteiger partial charge on any atom is 0.162 e. The van der Waals surface area contributed by atoms with Crippen LogP contribution in [-0.4, -0.2) is 17.1 Å². The number of anilines is 1. The minimum atomic E-state index is -0.377. The summed E-state index contributed by atoms with van der Waals surface area (Å²) in [6, 6.07) is 0. The van der Waals surface area contributed by atoms with Crippen molar-refractivity contribution < 1.29 is 4.74 Å². The molecular weight excluding hydrogens is 377 g/mol. The van der Waals surface area contributed by atoms with E-state index in [0.29, 0.717) is 17.2 Å². The summed E-state index contributed by atoms with van der Waals surface area (Å²) in [5, 5.41) is 0. The molecule has 1 fully saturated rings. The summed E-state index contributed by atoms with van der Waals surface area (Å²) in [6.45, 7) is 8.90. The number of nitrogen functional groups attached to an aromatic ring is 1. The summed E-state index contributed by atoms with van der Waals surface area (Å²) in [5.41, 5.74) is 7.14. The molecule has 2 rings (SSSR count). The lowest BCUT2D eigenvalue weighted by atomic mass is 9.70. The zero-order valence-corrected chi connectivity index (χ0v) is 15.8. The SMILES string of the molecule is COC1(c2nc(N)c(I)c(C(C)C)n2)CCC(C)(C)CC1. The van der Waals surface area contributed by atoms with E-state index in [4.69, 9.17) is 15.5 Å². The van der Waals surface area contributed by atoms with Crippen LogP contribution in [0.3, 0.4) is 0 Å². The topological polar surface area (TPSA) is 61.0 Å². The number of ether oxygens (including phenoxy) is 1. The van der Waals surface area contributed by atoms with Gasteiger partial charge in [0.25, 0.3) is 0 Å². The van der Waals surface area contributed by atoms with Gasteiger partial charge in [0.2, 0.25) is 0 Å². The third-order valence-corrected chi connectivity index (χ3v) is 5.76. The molecule has 21 heavy (non-hydrogen) atoms. The highest BCUT2D eigenvalue weighted by Crippen LogP contribution is 2.46. The van der Waals surface area contributed by atoms with Crippen molar-refractivity contribution in [2.24, 2.45) is 5.41 Å². The van der Waals surface area contributed by atoms with Gasteiger partial charge in [-0.2, -0.15) is 0 Å². The van der Waals surface area contributed by atoms with Gasteiger partial charge in [-0.3, -0.25) is 0 Å². The van der Waals surface area contributed by atoms with Crippen LogP contribution in [0.2, 0.25) is 0 Å². The van der Waals surface area contributed by atoms with E-state index in [0.717, 1.165) is 40.8 Å². The van der Waals surface area contributed by atoms with Crippen molar-refractivity contribution in [3.63, 3.8) is 0 Å². The summed E-state index contributed by atoms with van der Waals surface area (Å²) in [6.07, 6.45) is 4.14. The van der Waals surface area contributed by atoms with E-state index in [-0.39, 0.29) is 5.60 Å². The third kappa shape index (κ3) is 3.33. The van der Waals surface area contributed by atoms with Crippen molar-refractivity contribution in [3.05, 3.63) is 15.1 Å². The molecule has 118 valence electrons. The molecule has 0 aliphatic heterocycles. The molecule has 0 saturated heterocycles. The molecule has 0 bridgehead atoms. The van der Waals surface area contributed by atoms with Gasteiger partial charge in [0.05, 0.1) is 9.26 Å². The van der Waals surface area contributed by atoms with E-state index in [9.17, 15) is 0 Å². The Morgan fingerprint density at radius 1 is 1.14 bits per heavy atom. The van der Waals surface area contributed by atoms with Crippen LogP contribution in [0.25, 0.3) is 0 Å². The fourth-order valence-electron chi connectivity index (χ4n) is 2.92. The maximum absolute atomic E-state index is 6.12. The van der Waals surface area contributed by atoms with Crippen LogP contribution in [0, 0.1) is 8.99 Å². The van der Waals surface area contributed by atoms with E-state index in [2.05, 4.69) is 55.3 Å². The average Bonchev–Trinajstić information content (AvgIpc) is 2.42. The number of hydrogen-bond acceptors (Lipinski definition) is 4. The van der Waals surface area contributed by atoms with E-state index in [1.807, 2.05) is 0 Å². The van der Waals surface area contributed by atoms with E-state index in [1.165, 1.54) is 0 Å². The quantitative estimate of drug-likeness (QED) is 0.768. The Bertz CT molecular complexity index is 518. The molecule has 5 heteroatoms. The molecule has 1 aromatic rings. The molecule has 1 aliphatic carbocycles. The molecule has 0 unspecified atom stereocenters. The zero-order valence-electron chi connectivity index (χ0n) is 13.7. The standard InChI is InChI=1S/C16H26IN3O/c1-10(2)12-11(17)13(18)20-14(19-12)16(21-5)8-6-15(3,4)7-9-16/h10H,6-9H2,1-5H3,(H2,18,19,20). The van der Waals surface area contributed by atoms with E-state index < -0.39 is 0 Å². The lowest BCUT2D eigenvalue weighted by molar-refractivity contribution is -0.0730. The normalized spacial score (nSPS) is 20.7. The number of rotatable bonds is 3. The van der Waals surface area contributed by atoms with Crippen LogP contribution >= 0.6 is 22.6 Å². The van der Waals surface area contributed by atoms with Gasteiger partial charge in [-0.15, -0.1) is 0 Å². The van der Waals surface area contributed by atoms with E-state index >= 15 is 0 Å². The van der Waals surface area contributed by atoms with Crippen LogP contribution in [0.1, 0.15) is 70.8 Å². The molecule has 0 amide bonds. The van der Waals surface area contributed by atoms with Gasteiger partial charge in [0, 0.05) is 7.11 Å². The van der Waals surface area contributed by atoms with Crippen LogP contribution in [0.15, 0.2) is 0 Å². The maximum atomic E-state index is 6.12. The lowest BCUT2D eigenvalue weighted by Crippen LogP contribution is -2.38. The summed E-state index contributed by atoms with van der Waals surface area (Å²) < 4.78 is 6.87. The Morgan fingerprint density at radius 2 is 1.71 bits per heavy atom. The van der Waals surface area contributed by atoms with Crippen molar-refractivity contribution in [3.8, 4) is 0 Å². The number of hydrogen-bond donors (Lipinski definition) is 1. The number of aromatic nitrogens is 2. The Hall–Kier alpha value is -0.430. The highest BCUT2D eigenvalue weighted by atomic mass is 127. The summed E-state index contributed by atoms with van der Waals surface area (Å²) >= 11 is 2.24. The van der Waals surface area contributed by atoms with Crippen molar-refractivity contribution in [1.82, 2.24) is 9.97 Å². The highest BCUT2D eigenvalue weighted by Gasteiger charge is 2.42. The predicted octanol–water partition coefficient (Wildman–Crippen LogP) is 4.23. The first-order valence-electron chi connectivity index (χ1n) is 7.59. The lowest BCUT2D eigenvalue weighted by Gasteiger charge is -2.41. The fraction of sp³-hybridized carbons (Fsp3) is 0.750. The van der Waals surface area contributed by atoms with Gasteiger partial charge in [-0.05, 0) is 59.6 Å². The van der Waals surface area contributed by atoms with Crippen LogP contribution in [0.4, 0.5) is 5.82 Å². The van der Waals surface area contributed by atoms with Crippen molar-refractivity contribution in [2.45, 2.75) is 64.9 Å². The number of methoxy groups -OCH3 is 1. The second-order valence-corrected chi connectivity index (χ2v) is 8.23. The summed E-state index contributed by atoms with van der Waals surface area (Å²) in [7, 11) is 1.77. The molecule has 1 aromatic heterocycles. The van der Waals surface area contributed by atoms with Crippen LogP contribution in [-0.2, 0) is 10.3 Å². The number of nitrogens with zero attached hydrogens (tertiary/aromatic N) is 2. The van der Waals surface area contributed by atoms with Gasteiger partial charge in [0.15, 0.2) is 5.82 Å². The Kier molecular flexibility index (Phi) is 4.83. The molecule has 0 radical (unpaired) electrons. The minimum absolute atomic E-state index is 0.329. The molecule has 2 N–H and O–H groups in total. The fourth-order valence-corrected chi connectivity index (χ4v) is 3.78. The highest BCUT2D eigenvalue weighted by molar-refractivity contribution is 14.1.